The molecular weight excluding hydrogens is 758 g/mol. The number of alkyl halides is 10. The van der Waals surface area contributed by atoms with E-state index < -0.39 is 54.2 Å². The topological polar surface area (TPSA) is 196 Å². The number of imidazole rings is 1. The van der Waals surface area contributed by atoms with E-state index in [-0.39, 0.29) is 23.8 Å². The van der Waals surface area contributed by atoms with Crippen LogP contribution < -0.4 is 16.0 Å². The van der Waals surface area contributed by atoms with Crippen molar-refractivity contribution >= 4 is 40.7 Å². The van der Waals surface area contributed by atoms with Crippen molar-refractivity contribution in [3.8, 4) is 11.3 Å². The van der Waals surface area contributed by atoms with Gasteiger partial charge in [0.15, 0.2) is 0 Å². The third-order valence-corrected chi connectivity index (χ3v) is 6.15. The molecular formula is C28H23F12N7O6. The summed E-state index contributed by atoms with van der Waals surface area (Å²) in [4.78, 5) is 37.1. The first-order valence-corrected chi connectivity index (χ1v) is 13.9. The highest BCUT2D eigenvalue weighted by molar-refractivity contribution is 5.75. The van der Waals surface area contributed by atoms with Crippen LogP contribution >= 0.6 is 0 Å². The number of nitrogens with one attached hydrogen (secondary N) is 1. The molecule has 1 aliphatic rings. The van der Waals surface area contributed by atoms with E-state index in [4.69, 9.17) is 35.4 Å². The monoisotopic (exact) mass is 781 g/mol. The summed E-state index contributed by atoms with van der Waals surface area (Å²) in [6.07, 6.45) is -11.1. The van der Waals surface area contributed by atoms with Crippen LogP contribution in [0.15, 0.2) is 55.0 Å². The number of rotatable bonds is 4. The van der Waals surface area contributed by atoms with Crippen molar-refractivity contribution in [2.75, 3.05) is 23.3 Å². The number of piperidine rings is 1. The molecule has 1 fully saturated rings. The van der Waals surface area contributed by atoms with Crippen LogP contribution in [0.4, 0.5) is 70.0 Å². The molecule has 4 heterocycles. The zero-order chi connectivity index (χ0) is 40.5. The number of aliphatic carboxylic acids is 3. The smallest absolute Gasteiger partial charge is 0.475 e. The van der Waals surface area contributed by atoms with Crippen molar-refractivity contribution in [2.45, 2.75) is 37.2 Å². The van der Waals surface area contributed by atoms with Crippen molar-refractivity contribution in [1.82, 2.24) is 19.6 Å². The Hall–Kier alpha value is -5.88. The molecule has 0 unspecified atom stereocenters. The van der Waals surface area contributed by atoms with Crippen LogP contribution in [-0.4, -0.2) is 96.6 Å². The van der Waals surface area contributed by atoms with Crippen molar-refractivity contribution in [3.63, 3.8) is 0 Å². The van der Waals surface area contributed by atoms with Gasteiger partial charge in [0.05, 0.1) is 40.5 Å². The van der Waals surface area contributed by atoms with Gasteiger partial charge in [-0.05, 0) is 36.8 Å². The normalized spacial score (nSPS) is 15.8. The molecule has 3 aromatic heterocycles. The molecule has 53 heavy (non-hydrogen) atoms. The van der Waals surface area contributed by atoms with Gasteiger partial charge in [-0.3, -0.25) is 4.98 Å². The Morgan fingerprint density at radius 1 is 0.792 bits per heavy atom. The van der Waals surface area contributed by atoms with Gasteiger partial charge in [-0.2, -0.15) is 49.1 Å². The lowest BCUT2D eigenvalue weighted by Crippen LogP contribution is -2.48. The molecule has 0 bridgehead atoms. The summed E-state index contributed by atoms with van der Waals surface area (Å²) in [7, 11) is 0. The largest absolute Gasteiger partial charge is 0.490 e. The van der Waals surface area contributed by atoms with Crippen molar-refractivity contribution < 1.29 is 82.4 Å². The Kier molecular flexibility index (Phi) is 14.3. The van der Waals surface area contributed by atoms with Gasteiger partial charge < -0.3 is 31.3 Å². The van der Waals surface area contributed by atoms with E-state index >= 15 is 0 Å². The number of pyridine rings is 1. The van der Waals surface area contributed by atoms with Crippen LogP contribution in [0.1, 0.15) is 6.42 Å². The first kappa shape index (κ1) is 43.3. The summed E-state index contributed by atoms with van der Waals surface area (Å²) in [6.45, 7) is 0.736. The van der Waals surface area contributed by atoms with E-state index in [0.29, 0.717) is 30.1 Å². The molecule has 1 aliphatic heterocycles. The number of fused-ring (bicyclic) bond motifs is 1. The van der Waals surface area contributed by atoms with E-state index in [2.05, 4.69) is 20.4 Å². The highest BCUT2D eigenvalue weighted by atomic mass is 19.4. The summed E-state index contributed by atoms with van der Waals surface area (Å²) in [5, 5.41) is 28.9. The lowest BCUT2D eigenvalue weighted by Gasteiger charge is -2.35. The first-order valence-electron chi connectivity index (χ1n) is 13.9. The van der Waals surface area contributed by atoms with Crippen molar-refractivity contribution in [2.24, 2.45) is 5.73 Å². The van der Waals surface area contributed by atoms with Gasteiger partial charge in [0, 0.05) is 25.3 Å². The first-order chi connectivity index (χ1) is 24.3. The second-order valence-corrected chi connectivity index (χ2v) is 10.2. The third kappa shape index (κ3) is 13.0. The third-order valence-electron chi connectivity index (χ3n) is 6.15. The molecule has 0 saturated carbocycles. The van der Waals surface area contributed by atoms with Gasteiger partial charge in [0.1, 0.15) is 17.8 Å². The van der Waals surface area contributed by atoms with Crippen LogP contribution in [0, 0.1) is 11.6 Å². The number of nitrogens with two attached hydrogens (primary N) is 1. The number of benzene rings is 1. The quantitative estimate of drug-likeness (QED) is 0.161. The van der Waals surface area contributed by atoms with Gasteiger partial charge in [-0.15, -0.1) is 0 Å². The number of carboxylic acid groups (broad SMARTS) is 3. The minimum Gasteiger partial charge on any atom is -0.475 e. The number of carboxylic acids is 3. The second kappa shape index (κ2) is 17.6. The lowest BCUT2D eigenvalue weighted by molar-refractivity contribution is -0.193. The standard InChI is InChI=1S/C22H20F3N7.3C2HF3O2/c23-13-8-14(26)12-31(11-13)20-6-7-27-10-19(20)29-22-28-9-15-4-5-18(30-32(15)22)21-16(24)2-1-3-17(21)25;3*3-2(4,5)1(6)7/h1-7,9-10,13-14H,8,11-12,26H2,(H,28,29);3*(H,6,7)/t13-,14+;;;/m1.../s1. The fourth-order valence-corrected chi connectivity index (χ4v) is 3.99. The molecule has 2 atom stereocenters. The second-order valence-electron chi connectivity index (χ2n) is 10.2. The molecule has 1 saturated heterocycles. The molecule has 6 N–H and O–H groups in total. The molecule has 290 valence electrons. The van der Waals surface area contributed by atoms with Gasteiger partial charge in [-0.25, -0.2) is 32.5 Å². The average Bonchev–Trinajstić information content (AvgIpc) is 3.42. The Labute approximate surface area is 287 Å². The van der Waals surface area contributed by atoms with Gasteiger partial charge >= 0.3 is 36.4 Å². The van der Waals surface area contributed by atoms with Crippen molar-refractivity contribution in [1.29, 1.82) is 0 Å². The van der Waals surface area contributed by atoms with Gasteiger partial charge in [-0.1, -0.05) is 6.07 Å². The van der Waals surface area contributed by atoms with Gasteiger partial charge in [0.2, 0.25) is 5.95 Å². The van der Waals surface area contributed by atoms with Crippen LogP contribution in [-0.2, 0) is 14.4 Å². The zero-order valence-corrected chi connectivity index (χ0v) is 25.9. The van der Waals surface area contributed by atoms with Crippen LogP contribution in [0.3, 0.4) is 0 Å². The number of halogens is 12. The predicted molar refractivity (Wildman–Crippen MR) is 157 cm³/mol. The maximum absolute atomic E-state index is 14.3. The summed E-state index contributed by atoms with van der Waals surface area (Å²) < 4.78 is 139. The summed E-state index contributed by atoms with van der Waals surface area (Å²) in [5.74, 6) is -9.36. The van der Waals surface area contributed by atoms with Gasteiger partial charge in [0.25, 0.3) is 0 Å². The molecule has 0 amide bonds. The lowest BCUT2D eigenvalue weighted by atomic mass is 10.0. The molecule has 0 spiro atoms. The Morgan fingerprint density at radius 2 is 1.30 bits per heavy atom. The van der Waals surface area contributed by atoms with E-state index in [0.717, 1.165) is 5.69 Å². The fourth-order valence-electron chi connectivity index (χ4n) is 3.99. The Bertz CT molecular complexity index is 1800. The highest BCUT2D eigenvalue weighted by Crippen LogP contribution is 2.31. The highest BCUT2D eigenvalue weighted by Gasteiger charge is 2.39. The van der Waals surface area contributed by atoms with E-state index in [9.17, 15) is 52.7 Å². The van der Waals surface area contributed by atoms with E-state index in [1.165, 1.54) is 28.8 Å². The van der Waals surface area contributed by atoms with Crippen LogP contribution in [0.2, 0.25) is 0 Å². The molecule has 5 rings (SSSR count). The average molecular weight is 782 g/mol. The Balaban J connectivity index is 0.000000379. The summed E-state index contributed by atoms with van der Waals surface area (Å²) >= 11 is 0. The SMILES string of the molecule is N[C@H]1C[C@@H](F)CN(c2ccncc2Nc2ncc3ccc(-c4c(F)cccc4F)nn23)C1.O=C(O)C(F)(F)F.O=C(O)C(F)(F)F.O=C(O)C(F)(F)F. The summed E-state index contributed by atoms with van der Waals surface area (Å²) in [6, 6.07) is 8.38. The zero-order valence-electron chi connectivity index (χ0n) is 25.9. The molecule has 0 radical (unpaired) electrons. The van der Waals surface area contributed by atoms with Crippen LogP contribution in [0.25, 0.3) is 16.8 Å². The van der Waals surface area contributed by atoms with E-state index in [1.807, 2.05) is 4.90 Å². The number of anilines is 3. The summed E-state index contributed by atoms with van der Waals surface area (Å²) in [5.41, 5.74) is 7.86. The minimum atomic E-state index is -5.08. The number of carbonyl (C=O) groups is 3. The number of nitrogens with zero attached hydrogens (tertiary/aromatic N) is 5. The molecule has 1 aromatic carbocycles. The molecule has 0 aliphatic carbocycles. The predicted octanol–water partition coefficient (Wildman–Crippen LogP) is 5.59. The van der Waals surface area contributed by atoms with E-state index in [1.54, 1.807) is 30.7 Å². The fraction of sp³-hybridized carbons (Fsp3) is 0.286. The maximum atomic E-state index is 14.3. The maximum Gasteiger partial charge on any atom is 0.490 e. The molecule has 25 heteroatoms. The van der Waals surface area contributed by atoms with Crippen molar-refractivity contribution in [3.05, 3.63) is 66.6 Å². The Morgan fingerprint density at radius 3 is 1.77 bits per heavy atom. The minimum absolute atomic E-state index is 0.128. The molecule has 4 aromatic rings. The molecule has 13 nitrogen and oxygen atoms in total. The number of hydrogen-bond acceptors (Lipinski definition) is 9. The number of hydrogen-bond donors (Lipinski definition) is 5. The number of aromatic nitrogens is 4. The van der Waals surface area contributed by atoms with Crippen LogP contribution in [0.5, 0.6) is 0 Å².